The van der Waals surface area contributed by atoms with E-state index in [9.17, 15) is 9.59 Å². The summed E-state index contributed by atoms with van der Waals surface area (Å²) in [7, 11) is 0. The molecule has 0 unspecified atom stereocenters. The number of hydrogen-bond donors (Lipinski definition) is 1. The van der Waals surface area contributed by atoms with E-state index < -0.39 is 0 Å². The Bertz CT molecular complexity index is 739. The average Bonchev–Trinajstić information content (AvgIpc) is 2.61. The fourth-order valence-corrected chi connectivity index (χ4v) is 2.27. The molecule has 130 valence electrons. The minimum atomic E-state index is -0.382. The first-order valence-electron chi connectivity index (χ1n) is 7.70. The van der Waals surface area contributed by atoms with Gasteiger partial charge in [-0.2, -0.15) is 0 Å². The van der Waals surface area contributed by atoms with Crippen LogP contribution in [0, 0.1) is 3.57 Å². The third kappa shape index (κ3) is 6.96. The molecule has 0 heterocycles. The van der Waals surface area contributed by atoms with Gasteiger partial charge < -0.3 is 14.8 Å². The van der Waals surface area contributed by atoms with Crippen LogP contribution in [0.15, 0.2) is 54.6 Å². The molecule has 5 nitrogen and oxygen atoms in total. The zero-order chi connectivity index (χ0) is 18.1. The highest BCUT2D eigenvalue weighted by molar-refractivity contribution is 14.1. The van der Waals surface area contributed by atoms with Crippen LogP contribution >= 0.6 is 22.6 Å². The van der Waals surface area contributed by atoms with E-state index in [0.29, 0.717) is 18.0 Å². The normalized spacial score (nSPS) is 10.5. The lowest BCUT2D eigenvalue weighted by molar-refractivity contribution is -0.137. The lowest BCUT2D eigenvalue weighted by atomic mass is 10.2. The van der Waals surface area contributed by atoms with E-state index in [1.54, 1.807) is 37.3 Å². The Morgan fingerprint density at radius 2 is 1.76 bits per heavy atom. The maximum atomic E-state index is 11.9. The van der Waals surface area contributed by atoms with Crippen LogP contribution in [-0.4, -0.2) is 25.1 Å². The summed E-state index contributed by atoms with van der Waals surface area (Å²) in [6, 6.07) is 14.6. The number of amides is 1. The summed E-state index contributed by atoms with van der Waals surface area (Å²) in [5.41, 5.74) is 1.49. The van der Waals surface area contributed by atoms with Crippen LogP contribution in [-0.2, 0) is 14.3 Å². The molecular formula is C19H18INO4. The lowest BCUT2D eigenvalue weighted by Crippen LogP contribution is -2.20. The molecule has 0 fully saturated rings. The Labute approximate surface area is 160 Å². The fraction of sp³-hybridized carbons (Fsp3) is 0.158. The Hall–Kier alpha value is -2.35. The van der Waals surface area contributed by atoms with Crippen molar-refractivity contribution >= 4 is 46.2 Å². The van der Waals surface area contributed by atoms with Gasteiger partial charge in [0.15, 0.2) is 6.61 Å². The van der Waals surface area contributed by atoms with Gasteiger partial charge in [-0.1, -0.05) is 12.1 Å². The second-order valence-corrected chi connectivity index (χ2v) is 6.24. The molecule has 0 radical (unpaired) electrons. The minimum Gasteiger partial charge on any atom is -0.484 e. The number of anilines is 1. The molecule has 0 bridgehead atoms. The number of benzene rings is 2. The molecule has 1 amide bonds. The zero-order valence-corrected chi connectivity index (χ0v) is 15.9. The second-order valence-electron chi connectivity index (χ2n) is 5.00. The van der Waals surface area contributed by atoms with Crippen molar-refractivity contribution in [2.75, 3.05) is 18.5 Å². The molecule has 0 aromatic heterocycles. The Balaban J connectivity index is 1.82. The third-order valence-corrected chi connectivity index (χ3v) is 3.80. The van der Waals surface area contributed by atoms with Crippen LogP contribution in [0.2, 0.25) is 0 Å². The molecule has 6 heteroatoms. The molecule has 0 aliphatic carbocycles. The van der Waals surface area contributed by atoms with Crippen molar-refractivity contribution < 1.29 is 19.1 Å². The summed E-state index contributed by atoms with van der Waals surface area (Å²) in [6.45, 7) is 2.04. The van der Waals surface area contributed by atoms with E-state index in [2.05, 4.69) is 27.9 Å². The van der Waals surface area contributed by atoms with Gasteiger partial charge in [0.05, 0.1) is 6.61 Å². The molecule has 25 heavy (non-hydrogen) atoms. The SMILES string of the molecule is CCOC(=O)/C=C/c1ccc(NC(=O)COc2ccc(I)cc2)cc1. The largest absolute Gasteiger partial charge is 0.484 e. The standard InChI is InChI=1S/C19H18INO4/c1-2-24-19(23)12-5-14-3-8-16(9-4-14)21-18(22)13-25-17-10-6-15(20)7-11-17/h3-12H,2,13H2,1H3,(H,21,22)/b12-5+. The molecule has 1 N–H and O–H groups in total. The van der Waals surface area contributed by atoms with Gasteiger partial charge in [-0.25, -0.2) is 4.79 Å². The van der Waals surface area contributed by atoms with Crippen LogP contribution in [0.3, 0.4) is 0 Å². The van der Waals surface area contributed by atoms with Gasteiger partial charge in [-0.15, -0.1) is 0 Å². The summed E-state index contributed by atoms with van der Waals surface area (Å²) in [4.78, 5) is 23.2. The average molecular weight is 451 g/mol. The van der Waals surface area contributed by atoms with E-state index >= 15 is 0 Å². The molecule has 0 spiro atoms. The van der Waals surface area contributed by atoms with E-state index in [-0.39, 0.29) is 18.5 Å². The summed E-state index contributed by atoms with van der Waals surface area (Å²) in [5, 5.41) is 2.75. The smallest absolute Gasteiger partial charge is 0.330 e. The topological polar surface area (TPSA) is 64.6 Å². The van der Waals surface area contributed by atoms with Crippen molar-refractivity contribution in [1.82, 2.24) is 0 Å². The summed E-state index contributed by atoms with van der Waals surface area (Å²) in [6.07, 6.45) is 3.02. The van der Waals surface area contributed by atoms with Crippen molar-refractivity contribution in [3.63, 3.8) is 0 Å². The molecule has 0 saturated carbocycles. The highest BCUT2D eigenvalue weighted by Crippen LogP contribution is 2.14. The van der Waals surface area contributed by atoms with Crippen molar-refractivity contribution in [3.05, 3.63) is 63.7 Å². The zero-order valence-electron chi connectivity index (χ0n) is 13.7. The maximum absolute atomic E-state index is 11.9. The predicted molar refractivity (Wildman–Crippen MR) is 105 cm³/mol. The molecule has 0 aliphatic rings. The number of nitrogens with one attached hydrogen (secondary N) is 1. The maximum Gasteiger partial charge on any atom is 0.330 e. The van der Waals surface area contributed by atoms with Gasteiger partial charge in [0.2, 0.25) is 0 Å². The first-order chi connectivity index (χ1) is 12.1. The lowest BCUT2D eigenvalue weighted by Gasteiger charge is -2.08. The van der Waals surface area contributed by atoms with Crippen LogP contribution in [0.25, 0.3) is 6.08 Å². The molecule has 0 saturated heterocycles. The number of hydrogen-bond acceptors (Lipinski definition) is 4. The third-order valence-electron chi connectivity index (χ3n) is 3.08. The van der Waals surface area contributed by atoms with Crippen LogP contribution in [0.5, 0.6) is 5.75 Å². The van der Waals surface area contributed by atoms with Gasteiger partial charge in [0, 0.05) is 15.3 Å². The highest BCUT2D eigenvalue weighted by atomic mass is 127. The number of carbonyl (C=O) groups is 2. The molecule has 0 aliphatic heterocycles. The van der Waals surface area contributed by atoms with E-state index in [4.69, 9.17) is 9.47 Å². The number of carbonyl (C=O) groups excluding carboxylic acids is 2. The molecule has 2 aromatic rings. The molecule has 2 rings (SSSR count). The first kappa shape index (κ1) is 19.0. The van der Waals surface area contributed by atoms with E-state index in [1.807, 2.05) is 24.3 Å². The van der Waals surface area contributed by atoms with Crippen molar-refractivity contribution in [1.29, 1.82) is 0 Å². The first-order valence-corrected chi connectivity index (χ1v) is 8.78. The second kappa shape index (κ2) is 9.83. The monoisotopic (exact) mass is 451 g/mol. The Morgan fingerprint density at radius 3 is 2.40 bits per heavy atom. The summed E-state index contributed by atoms with van der Waals surface area (Å²) in [5.74, 6) is 0.0241. The van der Waals surface area contributed by atoms with E-state index in [0.717, 1.165) is 9.13 Å². The number of rotatable bonds is 7. The van der Waals surface area contributed by atoms with Crippen molar-refractivity contribution in [2.45, 2.75) is 6.92 Å². The number of halogens is 1. The van der Waals surface area contributed by atoms with Crippen molar-refractivity contribution in [2.24, 2.45) is 0 Å². The van der Waals surface area contributed by atoms with E-state index in [1.165, 1.54) is 6.08 Å². The molecular weight excluding hydrogens is 433 g/mol. The highest BCUT2D eigenvalue weighted by Gasteiger charge is 2.04. The van der Waals surface area contributed by atoms with Crippen LogP contribution in [0.1, 0.15) is 12.5 Å². The number of ether oxygens (including phenoxy) is 2. The van der Waals surface area contributed by atoms with Gasteiger partial charge in [0.1, 0.15) is 5.75 Å². The Kier molecular flexibility index (Phi) is 7.46. The van der Waals surface area contributed by atoms with Gasteiger partial charge in [-0.05, 0) is 77.6 Å². The molecule has 2 aromatic carbocycles. The molecule has 0 atom stereocenters. The van der Waals surface area contributed by atoms with Gasteiger partial charge >= 0.3 is 5.97 Å². The summed E-state index contributed by atoms with van der Waals surface area (Å²) < 4.78 is 11.3. The minimum absolute atomic E-state index is 0.0644. The van der Waals surface area contributed by atoms with Gasteiger partial charge in [0.25, 0.3) is 5.91 Å². The summed E-state index contributed by atoms with van der Waals surface area (Å²) >= 11 is 2.20. The van der Waals surface area contributed by atoms with Gasteiger partial charge in [-0.3, -0.25) is 4.79 Å². The fourth-order valence-electron chi connectivity index (χ4n) is 1.91. The van der Waals surface area contributed by atoms with Crippen LogP contribution < -0.4 is 10.1 Å². The Morgan fingerprint density at radius 1 is 1.08 bits per heavy atom. The number of esters is 1. The predicted octanol–water partition coefficient (Wildman–Crippen LogP) is 3.89. The van der Waals surface area contributed by atoms with Crippen LogP contribution in [0.4, 0.5) is 5.69 Å². The quantitative estimate of drug-likeness (QED) is 0.394. The van der Waals surface area contributed by atoms with Crippen molar-refractivity contribution in [3.8, 4) is 5.75 Å².